The first-order chi connectivity index (χ1) is 10.2. The molecule has 3 nitrogen and oxygen atoms in total. The van der Waals surface area contributed by atoms with E-state index in [2.05, 4.69) is 49.6 Å². The van der Waals surface area contributed by atoms with Crippen molar-refractivity contribution in [2.24, 2.45) is 11.7 Å². The van der Waals surface area contributed by atoms with Crippen LogP contribution in [0.1, 0.15) is 52.3 Å². The van der Waals surface area contributed by atoms with Crippen LogP contribution in [0.15, 0.2) is 24.3 Å². The molecule has 0 aliphatic carbocycles. The summed E-state index contributed by atoms with van der Waals surface area (Å²) >= 11 is 0. The number of benzene rings is 1. The van der Waals surface area contributed by atoms with Crippen molar-refractivity contribution >= 4 is 11.0 Å². The molecule has 0 aliphatic heterocycles. The van der Waals surface area contributed by atoms with E-state index in [9.17, 15) is 0 Å². The van der Waals surface area contributed by atoms with Gasteiger partial charge in [-0.15, -0.1) is 0 Å². The second-order valence-corrected chi connectivity index (χ2v) is 5.97. The van der Waals surface area contributed by atoms with Crippen LogP contribution in [0.3, 0.4) is 0 Å². The highest BCUT2D eigenvalue weighted by Crippen LogP contribution is 2.22. The minimum absolute atomic E-state index is 0.215. The smallest absolute Gasteiger partial charge is 0.111 e. The third-order valence-electron chi connectivity index (χ3n) is 4.39. The number of hydrogen-bond donors (Lipinski definition) is 1. The molecule has 1 aromatic carbocycles. The second kappa shape index (κ2) is 7.60. The van der Waals surface area contributed by atoms with Gasteiger partial charge in [0.2, 0.25) is 0 Å². The van der Waals surface area contributed by atoms with Crippen LogP contribution in [0.2, 0.25) is 0 Å². The molecule has 0 spiro atoms. The normalized spacial score (nSPS) is 13.2. The summed E-state index contributed by atoms with van der Waals surface area (Å²) in [5.74, 6) is 1.76. The number of aryl methyl sites for hydroxylation is 1. The highest BCUT2D eigenvalue weighted by molar-refractivity contribution is 5.75. The Kier molecular flexibility index (Phi) is 5.80. The van der Waals surface area contributed by atoms with E-state index in [4.69, 9.17) is 10.7 Å². The van der Waals surface area contributed by atoms with Crippen molar-refractivity contribution in [1.29, 1.82) is 0 Å². The second-order valence-electron chi connectivity index (χ2n) is 5.97. The van der Waals surface area contributed by atoms with Gasteiger partial charge in [-0.1, -0.05) is 38.8 Å². The molecule has 0 radical (unpaired) electrons. The van der Waals surface area contributed by atoms with Gasteiger partial charge in [-0.05, 0) is 37.8 Å². The highest BCUT2D eigenvalue weighted by Gasteiger charge is 2.19. The monoisotopic (exact) mass is 287 g/mol. The Morgan fingerprint density at radius 2 is 1.76 bits per heavy atom. The lowest BCUT2D eigenvalue weighted by molar-refractivity contribution is 0.354. The van der Waals surface area contributed by atoms with Crippen LogP contribution in [0.25, 0.3) is 11.0 Å². The van der Waals surface area contributed by atoms with Gasteiger partial charge in [0.15, 0.2) is 0 Å². The summed E-state index contributed by atoms with van der Waals surface area (Å²) in [4.78, 5) is 4.81. The standard InChI is InChI=1S/C18H29N3/c1-4-9-14(10-5-2)15(19)13-18-20-16-11-7-8-12-17(16)21(18)6-3/h7-8,11-12,14-15H,4-6,9-10,13,19H2,1-3H3. The quantitative estimate of drug-likeness (QED) is 0.793. The highest BCUT2D eigenvalue weighted by atomic mass is 15.1. The lowest BCUT2D eigenvalue weighted by Crippen LogP contribution is -2.33. The SMILES string of the molecule is CCCC(CCC)C(N)Cc1nc2ccccc2n1CC. The van der Waals surface area contributed by atoms with E-state index in [1.165, 1.54) is 31.2 Å². The summed E-state index contributed by atoms with van der Waals surface area (Å²) < 4.78 is 2.31. The molecule has 1 aromatic heterocycles. The number of nitrogens with two attached hydrogens (primary N) is 1. The van der Waals surface area contributed by atoms with Crippen molar-refractivity contribution in [3.63, 3.8) is 0 Å². The molecule has 0 bridgehead atoms. The zero-order valence-electron chi connectivity index (χ0n) is 13.7. The summed E-state index contributed by atoms with van der Waals surface area (Å²) in [7, 11) is 0. The fraction of sp³-hybridized carbons (Fsp3) is 0.611. The number of rotatable bonds is 8. The molecule has 1 heterocycles. The van der Waals surface area contributed by atoms with Gasteiger partial charge < -0.3 is 10.3 Å². The van der Waals surface area contributed by atoms with Gasteiger partial charge in [0.1, 0.15) is 5.82 Å². The van der Waals surface area contributed by atoms with E-state index in [1.807, 2.05) is 0 Å². The maximum atomic E-state index is 6.51. The molecule has 116 valence electrons. The van der Waals surface area contributed by atoms with Crippen molar-refractivity contribution < 1.29 is 0 Å². The summed E-state index contributed by atoms with van der Waals surface area (Å²) in [6, 6.07) is 8.59. The molecule has 1 unspecified atom stereocenters. The number of imidazole rings is 1. The molecule has 0 amide bonds. The summed E-state index contributed by atoms with van der Waals surface area (Å²) in [6.45, 7) is 7.63. The lowest BCUT2D eigenvalue weighted by Gasteiger charge is -2.23. The van der Waals surface area contributed by atoms with Gasteiger partial charge in [0, 0.05) is 19.0 Å². The topological polar surface area (TPSA) is 43.8 Å². The minimum Gasteiger partial charge on any atom is -0.328 e. The van der Waals surface area contributed by atoms with E-state index < -0.39 is 0 Å². The van der Waals surface area contributed by atoms with Gasteiger partial charge in [-0.3, -0.25) is 0 Å². The predicted octanol–water partition coefficient (Wildman–Crippen LogP) is 4.14. The van der Waals surface area contributed by atoms with Gasteiger partial charge in [-0.2, -0.15) is 0 Å². The Hall–Kier alpha value is -1.35. The molecule has 0 saturated carbocycles. The molecule has 21 heavy (non-hydrogen) atoms. The molecular formula is C18H29N3. The van der Waals surface area contributed by atoms with E-state index in [-0.39, 0.29) is 6.04 Å². The Bertz CT molecular complexity index is 553. The van der Waals surface area contributed by atoms with Crippen LogP contribution in [0.5, 0.6) is 0 Å². The Morgan fingerprint density at radius 1 is 1.10 bits per heavy atom. The molecule has 2 aromatic rings. The van der Waals surface area contributed by atoms with Crippen LogP contribution in [-0.4, -0.2) is 15.6 Å². The first-order valence-electron chi connectivity index (χ1n) is 8.40. The van der Waals surface area contributed by atoms with Crippen LogP contribution in [0, 0.1) is 5.92 Å². The van der Waals surface area contributed by atoms with Gasteiger partial charge in [0.05, 0.1) is 11.0 Å². The van der Waals surface area contributed by atoms with E-state index in [0.29, 0.717) is 5.92 Å². The van der Waals surface area contributed by atoms with Crippen LogP contribution in [-0.2, 0) is 13.0 Å². The van der Waals surface area contributed by atoms with E-state index >= 15 is 0 Å². The number of fused-ring (bicyclic) bond motifs is 1. The Morgan fingerprint density at radius 3 is 2.38 bits per heavy atom. The maximum Gasteiger partial charge on any atom is 0.111 e. The zero-order chi connectivity index (χ0) is 15.2. The van der Waals surface area contributed by atoms with Crippen molar-refractivity contribution in [3.05, 3.63) is 30.1 Å². The molecule has 0 saturated heterocycles. The van der Waals surface area contributed by atoms with Crippen LogP contribution in [0.4, 0.5) is 0 Å². The summed E-state index contributed by atoms with van der Waals surface area (Å²) in [5.41, 5.74) is 8.83. The zero-order valence-corrected chi connectivity index (χ0v) is 13.7. The van der Waals surface area contributed by atoms with Crippen molar-refractivity contribution in [1.82, 2.24) is 9.55 Å². The van der Waals surface area contributed by atoms with Crippen molar-refractivity contribution in [2.75, 3.05) is 0 Å². The van der Waals surface area contributed by atoms with Gasteiger partial charge in [-0.25, -0.2) is 4.98 Å². The lowest BCUT2D eigenvalue weighted by atomic mass is 9.89. The predicted molar refractivity (Wildman–Crippen MR) is 90.4 cm³/mol. The third kappa shape index (κ3) is 3.65. The Labute approximate surface area is 128 Å². The van der Waals surface area contributed by atoms with E-state index in [0.717, 1.165) is 24.3 Å². The summed E-state index contributed by atoms with van der Waals surface area (Å²) in [6.07, 6.45) is 5.75. The van der Waals surface area contributed by atoms with Crippen LogP contribution < -0.4 is 5.73 Å². The molecule has 1 atom stereocenters. The average molecular weight is 287 g/mol. The molecule has 0 fully saturated rings. The molecule has 3 heteroatoms. The number of nitrogens with zero attached hydrogens (tertiary/aromatic N) is 2. The van der Waals surface area contributed by atoms with Crippen LogP contribution >= 0.6 is 0 Å². The van der Waals surface area contributed by atoms with Crippen molar-refractivity contribution in [2.45, 2.75) is 65.5 Å². The summed E-state index contributed by atoms with van der Waals surface area (Å²) in [5, 5.41) is 0. The largest absolute Gasteiger partial charge is 0.328 e. The van der Waals surface area contributed by atoms with E-state index in [1.54, 1.807) is 0 Å². The number of aromatic nitrogens is 2. The molecule has 0 aliphatic rings. The minimum atomic E-state index is 0.215. The average Bonchev–Trinajstić information content (AvgIpc) is 2.83. The van der Waals surface area contributed by atoms with Crippen molar-refractivity contribution in [3.8, 4) is 0 Å². The Balaban J connectivity index is 2.21. The first-order valence-corrected chi connectivity index (χ1v) is 8.40. The molecular weight excluding hydrogens is 258 g/mol. The fourth-order valence-corrected chi connectivity index (χ4v) is 3.33. The van der Waals surface area contributed by atoms with Gasteiger partial charge in [0.25, 0.3) is 0 Å². The molecule has 2 N–H and O–H groups in total. The molecule has 2 rings (SSSR count). The van der Waals surface area contributed by atoms with Gasteiger partial charge >= 0.3 is 0 Å². The maximum absolute atomic E-state index is 6.51. The third-order valence-corrected chi connectivity index (χ3v) is 4.39. The number of para-hydroxylation sites is 2. The first kappa shape index (κ1) is 16.0. The fourth-order valence-electron chi connectivity index (χ4n) is 3.33. The number of hydrogen-bond acceptors (Lipinski definition) is 2.